The number of allylic oxidation sites excluding steroid dienone is 10. The predicted octanol–water partition coefficient (Wildman–Crippen LogP) is 4.12. The Morgan fingerprint density at radius 1 is 1.14 bits per heavy atom. The summed E-state index contributed by atoms with van der Waals surface area (Å²) in [5.41, 5.74) is 4.42. The lowest BCUT2D eigenvalue weighted by molar-refractivity contribution is 1.38. The van der Waals surface area contributed by atoms with Crippen LogP contribution in [-0.2, 0) is 0 Å². The van der Waals surface area contributed by atoms with Crippen molar-refractivity contribution in [3.05, 3.63) is 71.9 Å². The zero-order valence-electron chi connectivity index (χ0n) is 8.88. The molecule has 1 aliphatic carbocycles. The van der Waals surface area contributed by atoms with Gasteiger partial charge in [-0.05, 0) is 36.1 Å². The van der Waals surface area contributed by atoms with Crippen LogP contribution in [0.3, 0.4) is 0 Å². The molecule has 0 radical (unpaired) electrons. The van der Waals surface area contributed by atoms with E-state index in [0.29, 0.717) is 0 Å². The maximum Gasteiger partial charge on any atom is -0.0230 e. The SMILES string of the molecule is C=C1/C=C\C=C(\C)C(=C)C(=C\C)/C=C\1. The first-order chi connectivity index (χ1) is 6.65. The van der Waals surface area contributed by atoms with E-state index in [4.69, 9.17) is 0 Å². The molecule has 14 heavy (non-hydrogen) atoms. The fourth-order valence-electron chi connectivity index (χ4n) is 1.27. The topological polar surface area (TPSA) is 0 Å². The van der Waals surface area contributed by atoms with Crippen LogP contribution in [0.1, 0.15) is 13.8 Å². The molecular weight excluding hydrogens is 168 g/mol. The van der Waals surface area contributed by atoms with Gasteiger partial charge >= 0.3 is 0 Å². The molecule has 0 unspecified atom stereocenters. The summed E-state index contributed by atoms with van der Waals surface area (Å²) in [4.78, 5) is 0. The van der Waals surface area contributed by atoms with E-state index in [9.17, 15) is 0 Å². The molecule has 0 aromatic carbocycles. The minimum atomic E-state index is 1.00. The summed E-state index contributed by atoms with van der Waals surface area (Å²) in [6, 6.07) is 0. The van der Waals surface area contributed by atoms with Crippen LogP contribution in [0.2, 0.25) is 0 Å². The van der Waals surface area contributed by atoms with Crippen molar-refractivity contribution in [1.82, 2.24) is 0 Å². The van der Waals surface area contributed by atoms with Crippen LogP contribution in [0.5, 0.6) is 0 Å². The highest BCUT2D eigenvalue weighted by Gasteiger charge is 2.00. The summed E-state index contributed by atoms with van der Waals surface area (Å²) < 4.78 is 0. The Labute approximate surface area is 86.3 Å². The molecule has 0 aromatic rings. The van der Waals surface area contributed by atoms with Crippen molar-refractivity contribution in [3.8, 4) is 0 Å². The minimum Gasteiger partial charge on any atom is -0.0918 e. The molecule has 1 rings (SSSR count). The highest BCUT2D eigenvalue weighted by Crippen LogP contribution is 2.20. The third-order valence-electron chi connectivity index (χ3n) is 2.27. The molecule has 0 saturated heterocycles. The predicted molar refractivity (Wildman–Crippen MR) is 64.1 cm³/mol. The molecule has 0 aromatic heterocycles. The van der Waals surface area contributed by atoms with Crippen molar-refractivity contribution >= 4 is 0 Å². The van der Waals surface area contributed by atoms with Crippen molar-refractivity contribution in [1.29, 1.82) is 0 Å². The van der Waals surface area contributed by atoms with Crippen LogP contribution in [0, 0.1) is 0 Å². The van der Waals surface area contributed by atoms with Crippen molar-refractivity contribution in [2.75, 3.05) is 0 Å². The van der Waals surface area contributed by atoms with Gasteiger partial charge in [-0.25, -0.2) is 0 Å². The Morgan fingerprint density at radius 3 is 2.50 bits per heavy atom. The lowest BCUT2D eigenvalue weighted by atomic mass is 10.00. The molecule has 0 heteroatoms. The average Bonchev–Trinajstić information content (AvgIpc) is 2.22. The number of rotatable bonds is 0. The van der Waals surface area contributed by atoms with Crippen LogP contribution in [0.15, 0.2) is 71.9 Å². The normalized spacial score (nSPS) is 28.7. The first-order valence-electron chi connectivity index (χ1n) is 4.73. The smallest absolute Gasteiger partial charge is 0.0230 e. The molecule has 0 saturated carbocycles. The summed E-state index contributed by atoms with van der Waals surface area (Å²) in [7, 11) is 0. The van der Waals surface area contributed by atoms with E-state index < -0.39 is 0 Å². The highest BCUT2D eigenvalue weighted by atomic mass is 14.1. The Bertz CT molecular complexity index is 371. The Kier molecular flexibility index (Phi) is 3.47. The third-order valence-corrected chi connectivity index (χ3v) is 2.27. The monoisotopic (exact) mass is 184 g/mol. The van der Waals surface area contributed by atoms with E-state index in [0.717, 1.165) is 16.7 Å². The molecule has 0 amide bonds. The molecule has 72 valence electrons. The van der Waals surface area contributed by atoms with Gasteiger partial charge in [0.2, 0.25) is 0 Å². The average molecular weight is 184 g/mol. The molecule has 0 nitrogen and oxygen atoms in total. The third kappa shape index (κ3) is 2.46. The van der Waals surface area contributed by atoms with Gasteiger partial charge in [-0.3, -0.25) is 0 Å². The number of hydrogen-bond donors (Lipinski definition) is 0. The van der Waals surface area contributed by atoms with Gasteiger partial charge in [-0.1, -0.05) is 49.6 Å². The molecule has 0 N–H and O–H groups in total. The largest absolute Gasteiger partial charge is 0.0918 e. The van der Waals surface area contributed by atoms with Gasteiger partial charge < -0.3 is 0 Å². The van der Waals surface area contributed by atoms with Gasteiger partial charge in [0.25, 0.3) is 0 Å². The lowest BCUT2D eigenvalue weighted by Gasteiger charge is -2.05. The van der Waals surface area contributed by atoms with Gasteiger partial charge in [0, 0.05) is 0 Å². The molecule has 0 fully saturated rings. The van der Waals surface area contributed by atoms with Crippen molar-refractivity contribution in [2.24, 2.45) is 0 Å². The zero-order chi connectivity index (χ0) is 10.6. The van der Waals surface area contributed by atoms with Crippen LogP contribution in [0.25, 0.3) is 0 Å². The van der Waals surface area contributed by atoms with Crippen LogP contribution >= 0.6 is 0 Å². The second kappa shape index (κ2) is 4.61. The van der Waals surface area contributed by atoms with Gasteiger partial charge in [-0.2, -0.15) is 0 Å². The van der Waals surface area contributed by atoms with E-state index in [2.05, 4.69) is 38.3 Å². The second-order valence-electron chi connectivity index (χ2n) is 3.34. The lowest BCUT2D eigenvalue weighted by Crippen LogP contribution is -1.86. The Morgan fingerprint density at radius 2 is 1.86 bits per heavy atom. The standard InChI is InChI=1S/C14H16/c1-5-14-10-9-11(2)7-6-8-12(3)13(14)4/h5-10H,2,4H2,1,3H3/b7-6-,10-9-,12-8-,14-5-. The van der Waals surface area contributed by atoms with E-state index in [1.54, 1.807) is 0 Å². The van der Waals surface area contributed by atoms with E-state index in [1.165, 1.54) is 5.57 Å². The van der Waals surface area contributed by atoms with Crippen molar-refractivity contribution < 1.29 is 0 Å². The Balaban J connectivity index is 3.16. The molecule has 0 heterocycles. The van der Waals surface area contributed by atoms with E-state index >= 15 is 0 Å². The fraction of sp³-hybridized carbons (Fsp3) is 0.143. The highest BCUT2D eigenvalue weighted by molar-refractivity contribution is 5.52. The summed E-state index contributed by atoms with van der Waals surface area (Å²) in [6.07, 6.45) is 12.2. The minimum absolute atomic E-state index is 1.00. The number of hydrogen-bond acceptors (Lipinski definition) is 0. The van der Waals surface area contributed by atoms with Crippen LogP contribution in [0.4, 0.5) is 0 Å². The molecule has 0 aliphatic heterocycles. The van der Waals surface area contributed by atoms with Crippen LogP contribution < -0.4 is 0 Å². The van der Waals surface area contributed by atoms with Gasteiger partial charge in [-0.15, -0.1) is 0 Å². The van der Waals surface area contributed by atoms with Gasteiger partial charge in [0.05, 0.1) is 0 Å². The maximum absolute atomic E-state index is 4.06. The summed E-state index contributed by atoms with van der Waals surface area (Å²) in [5, 5.41) is 0. The fourth-order valence-corrected chi connectivity index (χ4v) is 1.27. The van der Waals surface area contributed by atoms with E-state index in [1.807, 2.05) is 25.2 Å². The Hall–Kier alpha value is -1.56. The quantitative estimate of drug-likeness (QED) is 0.531. The first-order valence-corrected chi connectivity index (χ1v) is 4.73. The second-order valence-corrected chi connectivity index (χ2v) is 3.34. The molecule has 1 aliphatic rings. The molecule has 0 atom stereocenters. The molecule has 0 spiro atoms. The van der Waals surface area contributed by atoms with Gasteiger partial charge in [0.15, 0.2) is 0 Å². The van der Waals surface area contributed by atoms with E-state index in [-0.39, 0.29) is 0 Å². The summed E-state index contributed by atoms with van der Waals surface area (Å²) >= 11 is 0. The van der Waals surface area contributed by atoms with Crippen molar-refractivity contribution in [2.45, 2.75) is 13.8 Å². The zero-order valence-corrected chi connectivity index (χ0v) is 8.88. The van der Waals surface area contributed by atoms with Crippen molar-refractivity contribution in [3.63, 3.8) is 0 Å². The molecular formula is C14H16. The first kappa shape index (κ1) is 10.5. The summed E-state index contributed by atoms with van der Waals surface area (Å²) in [5.74, 6) is 0. The summed E-state index contributed by atoms with van der Waals surface area (Å²) in [6.45, 7) is 12.1. The molecule has 0 bridgehead atoms. The van der Waals surface area contributed by atoms with Gasteiger partial charge in [0.1, 0.15) is 0 Å². The maximum atomic E-state index is 4.06. The van der Waals surface area contributed by atoms with Crippen LogP contribution in [-0.4, -0.2) is 0 Å².